The molecule has 7 heteroatoms. The Morgan fingerprint density at radius 2 is 1.76 bits per heavy atom. The summed E-state index contributed by atoms with van der Waals surface area (Å²) in [4.78, 5) is 21.8. The van der Waals surface area contributed by atoms with E-state index in [0.717, 1.165) is 24.3 Å². The van der Waals surface area contributed by atoms with Crippen LogP contribution in [0.15, 0.2) is 42.5 Å². The van der Waals surface area contributed by atoms with Crippen LogP contribution in [0.5, 0.6) is 0 Å². The number of nitrogens with zero attached hydrogens (tertiary/aromatic N) is 1. The molecule has 0 fully saturated rings. The minimum Gasteiger partial charge on any atom is -0.292 e. The second-order valence-corrected chi connectivity index (χ2v) is 4.64. The summed E-state index contributed by atoms with van der Waals surface area (Å²) in [6, 6.07) is 7.57. The number of non-ortho nitro benzene ring substituents is 1. The van der Waals surface area contributed by atoms with Crippen molar-refractivity contribution in [1.29, 1.82) is 0 Å². The summed E-state index contributed by atoms with van der Waals surface area (Å²) < 4.78 is 26.6. The van der Waals surface area contributed by atoms with Crippen molar-refractivity contribution in [2.75, 3.05) is 0 Å². The van der Waals surface area contributed by atoms with E-state index in [0.29, 0.717) is 11.6 Å². The summed E-state index contributed by atoms with van der Waals surface area (Å²) in [6.07, 6.45) is 0. The molecule has 0 radical (unpaired) electrons. The van der Waals surface area contributed by atoms with Gasteiger partial charge in [0.2, 0.25) is 0 Å². The van der Waals surface area contributed by atoms with E-state index < -0.39 is 33.4 Å². The number of hydrogen-bond acceptors (Lipinski definition) is 3. The second-order valence-electron chi connectivity index (χ2n) is 4.20. The number of hydrogen-bond donors (Lipinski definition) is 0. The third-order valence-electron chi connectivity index (χ3n) is 2.82. The smallest absolute Gasteiger partial charge is 0.272 e. The van der Waals surface area contributed by atoms with E-state index in [9.17, 15) is 23.7 Å². The third-order valence-corrected chi connectivity index (χ3v) is 3.27. The number of alkyl halides is 1. The van der Waals surface area contributed by atoms with Gasteiger partial charge in [-0.25, -0.2) is 8.78 Å². The van der Waals surface area contributed by atoms with E-state index in [1.807, 2.05) is 0 Å². The molecule has 4 nitrogen and oxygen atoms in total. The molecular weight excluding hydrogens is 304 g/mol. The number of ketones is 1. The van der Waals surface area contributed by atoms with Crippen molar-refractivity contribution in [3.8, 4) is 0 Å². The Balaban J connectivity index is 2.31. The van der Waals surface area contributed by atoms with Crippen LogP contribution < -0.4 is 0 Å². The number of nitro benzene ring substituents is 1. The predicted octanol–water partition coefficient (Wildman–Crippen LogP) is 4.04. The molecule has 21 heavy (non-hydrogen) atoms. The van der Waals surface area contributed by atoms with Crippen molar-refractivity contribution in [1.82, 2.24) is 0 Å². The monoisotopic (exact) mass is 311 g/mol. The molecule has 0 amide bonds. The van der Waals surface area contributed by atoms with Crippen LogP contribution in [0.2, 0.25) is 0 Å². The lowest BCUT2D eigenvalue weighted by Gasteiger charge is -2.09. The first kappa shape index (κ1) is 15.1. The van der Waals surface area contributed by atoms with Crippen LogP contribution in [0.3, 0.4) is 0 Å². The van der Waals surface area contributed by atoms with Crippen LogP contribution in [0, 0.1) is 21.7 Å². The Hall–Kier alpha value is -2.34. The van der Waals surface area contributed by atoms with Gasteiger partial charge in [-0.3, -0.25) is 14.9 Å². The van der Waals surface area contributed by atoms with Crippen LogP contribution in [0.25, 0.3) is 0 Å². The molecule has 0 aromatic heterocycles. The van der Waals surface area contributed by atoms with Gasteiger partial charge in [0.1, 0.15) is 17.0 Å². The van der Waals surface area contributed by atoms with E-state index in [1.54, 1.807) is 0 Å². The van der Waals surface area contributed by atoms with Gasteiger partial charge in [0.05, 0.1) is 16.6 Å². The van der Waals surface area contributed by atoms with E-state index in [-0.39, 0.29) is 5.56 Å². The molecule has 108 valence electrons. The first-order valence-corrected chi connectivity index (χ1v) is 6.21. The van der Waals surface area contributed by atoms with Gasteiger partial charge < -0.3 is 0 Å². The van der Waals surface area contributed by atoms with Gasteiger partial charge in [-0.05, 0) is 23.8 Å². The van der Waals surface area contributed by atoms with Crippen LogP contribution in [-0.2, 0) is 0 Å². The highest BCUT2D eigenvalue weighted by Crippen LogP contribution is 2.27. The van der Waals surface area contributed by atoms with E-state index in [4.69, 9.17) is 11.6 Å². The predicted molar refractivity (Wildman–Crippen MR) is 72.4 cm³/mol. The fourth-order valence-corrected chi connectivity index (χ4v) is 2.00. The minimum atomic E-state index is -1.21. The third kappa shape index (κ3) is 3.22. The lowest BCUT2D eigenvalue weighted by atomic mass is 10.0. The highest BCUT2D eigenvalue weighted by atomic mass is 35.5. The van der Waals surface area contributed by atoms with Crippen molar-refractivity contribution >= 4 is 23.1 Å². The largest absolute Gasteiger partial charge is 0.292 e. The first-order chi connectivity index (χ1) is 9.90. The Bertz CT molecular complexity index is 704. The standard InChI is InChI=1S/C14H8ClF2NO3/c15-13(8-1-3-9(16)4-2-8)14(19)11-6-5-10(18(20)21)7-12(11)17/h1-7,13H. The Kier molecular flexibility index (Phi) is 4.28. The Morgan fingerprint density at radius 3 is 2.29 bits per heavy atom. The summed E-state index contributed by atoms with van der Waals surface area (Å²) in [5.74, 6) is -2.27. The number of carbonyl (C=O) groups is 1. The molecule has 0 aliphatic heterocycles. The van der Waals surface area contributed by atoms with Crippen molar-refractivity contribution in [2.45, 2.75) is 5.38 Å². The summed E-state index contributed by atoms with van der Waals surface area (Å²) in [5, 5.41) is 9.31. The van der Waals surface area contributed by atoms with Crippen LogP contribution in [0.4, 0.5) is 14.5 Å². The Labute approximate surface area is 123 Å². The lowest BCUT2D eigenvalue weighted by molar-refractivity contribution is -0.385. The number of Topliss-reactive ketones (excluding diaryl/α,β-unsaturated/α-hetero) is 1. The molecule has 0 aliphatic carbocycles. The Morgan fingerprint density at radius 1 is 1.14 bits per heavy atom. The van der Waals surface area contributed by atoms with Gasteiger partial charge in [0, 0.05) is 6.07 Å². The zero-order valence-electron chi connectivity index (χ0n) is 10.4. The van der Waals surface area contributed by atoms with E-state index in [1.165, 1.54) is 12.1 Å². The van der Waals surface area contributed by atoms with Crippen molar-refractivity contribution in [3.63, 3.8) is 0 Å². The molecule has 0 spiro atoms. The van der Waals surface area contributed by atoms with Gasteiger partial charge in [-0.1, -0.05) is 12.1 Å². The molecule has 0 aliphatic rings. The molecule has 1 atom stereocenters. The van der Waals surface area contributed by atoms with Crippen LogP contribution in [-0.4, -0.2) is 10.7 Å². The van der Waals surface area contributed by atoms with Crippen molar-refractivity contribution in [3.05, 3.63) is 75.3 Å². The van der Waals surface area contributed by atoms with E-state index in [2.05, 4.69) is 0 Å². The molecule has 0 saturated heterocycles. The SMILES string of the molecule is O=C(c1ccc([N+](=O)[O-])cc1F)C(Cl)c1ccc(F)cc1. The topological polar surface area (TPSA) is 60.2 Å². The summed E-state index contributed by atoms with van der Waals surface area (Å²) >= 11 is 5.95. The lowest BCUT2D eigenvalue weighted by Crippen LogP contribution is -2.10. The number of benzene rings is 2. The van der Waals surface area contributed by atoms with Crippen LogP contribution in [0.1, 0.15) is 21.3 Å². The maximum Gasteiger partial charge on any atom is 0.272 e. The first-order valence-electron chi connectivity index (χ1n) is 5.78. The molecule has 0 N–H and O–H groups in total. The average molecular weight is 312 g/mol. The maximum absolute atomic E-state index is 13.8. The summed E-state index contributed by atoms with van der Waals surface area (Å²) in [5.41, 5.74) is -0.511. The average Bonchev–Trinajstić information content (AvgIpc) is 2.46. The molecule has 1 unspecified atom stereocenters. The minimum absolute atomic E-state index is 0.306. The van der Waals surface area contributed by atoms with Gasteiger partial charge in [-0.15, -0.1) is 11.6 Å². The van der Waals surface area contributed by atoms with Gasteiger partial charge in [0.15, 0.2) is 5.78 Å². The van der Waals surface area contributed by atoms with Crippen LogP contribution >= 0.6 is 11.6 Å². The molecule has 2 aromatic carbocycles. The number of nitro groups is 1. The molecule has 0 bridgehead atoms. The maximum atomic E-state index is 13.8. The van der Waals surface area contributed by atoms with Gasteiger partial charge in [-0.2, -0.15) is 0 Å². The molecule has 2 aromatic rings. The number of carbonyl (C=O) groups excluding carboxylic acids is 1. The number of rotatable bonds is 4. The van der Waals surface area contributed by atoms with Crippen molar-refractivity contribution in [2.24, 2.45) is 0 Å². The highest BCUT2D eigenvalue weighted by Gasteiger charge is 2.23. The number of halogens is 3. The highest BCUT2D eigenvalue weighted by molar-refractivity contribution is 6.33. The fourth-order valence-electron chi connectivity index (χ4n) is 1.74. The normalized spacial score (nSPS) is 12.0. The zero-order chi connectivity index (χ0) is 15.6. The zero-order valence-corrected chi connectivity index (χ0v) is 11.2. The molecule has 0 heterocycles. The summed E-state index contributed by atoms with van der Waals surface area (Å²) in [6.45, 7) is 0. The molecule has 0 saturated carbocycles. The van der Waals surface area contributed by atoms with Gasteiger partial charge >= 0.3 is 0 Å². The van der Waals surface area contributed by atoms with E-state index >= 15 is 0 Å². The van der Waals surface area contributed by atoms with Crippen molar-refractivity contribution < 1.29 is 18.5 Å². The molecular formula is C14H8ClF2NO3. The summed E-state index contributed by atoms with van der Waals surface area (Å²) in [7, 11) is 0. The fraction of sp³-hybridized carbons (Fsp3) is 0.0714. The van der Waals surface area contributed by atoms with Gasteiger partial charge in [0.25, 0.3) is 5.69 Å². The second kappa shape index (κ2) is 5.97. The quantitative estimate of drug-likeness (QED) is 0.370. The molecule has 2 rings (SSSR count).